The van der Waals surface area contributed by atoms with Gasteiger partial charge in [-0.2, -0.15) is 0 Å². The molecule has 0 spiro atoms. The first-order valence-electron chi connectivity index (χ1n) is 6.50. The Labute approximate surface area is 108 Å². The molecule has 0 saturated heterocycles. The summed E-state index contributed by atoms with van der Waals surface area (Å²) in [6, 6.07) is 6.11. The number of hydrogen-bond donors (Lipinski definition) is 0. The van der Waals surface area contributed by atoms with E-state index >= 15 is 0 Å². The standard InChI is InChI=1S/C15H20O3/c1-4-18-15(16)14-7-5-11-9-12(17-3)6-8-13(11)10(14)2/h6,8-10,14H,4-5,7H2,1-3H3. The molecule has 2 atom stereocenters. The molecule has 0 saturated carbocycles. The number of aryl methyl sites for hydroxylation is 1. The van der Waals surface area contributed by atoms with Gasteiger partial charge in [0.05, 0.1) is 19.6 Å². The Kier molecular flexibility index (Phi) is 3.90. The van der Waals surface area contributed by atoms with Gasteiger partial charge in [0.1, 0.15) is 5.75 Å². The van der Waals surface area contributed by atoms with Crippen LogP contribution in [0.15, 0.2) is 18.2 Å². The molecule has 2 unspecified atom stereocenters. The minimum atomic E-state index is -0.0635. The average Bonchev–Trinajstić information content (AvgIpc) is 2.38. The minimum absolute atomic E-state index is 0.00848. The number of rotatable bonds is 3. The minimum Gasteiger partial charge on any atom is -0.497 e. The molecule has 0 fully saturated rings. The Morgan fingerprint density at radius 2 is 2.22 bits per heavy atom. The van der Waals surface area contributed by atoms with Crippen LogP contribution in [0.25, 0.3) is 0 Å². The summed E-state index contributed by atoms with van der Waals surface area (Å²) in [5.74, 6) is 1.03. The second kappa shape index (κ2) is 5.42. The molecule has 3 nitrogen and oxygen atoms in total. The molecule has 1 aliphatic carbocycles. The molecule has 3 heteroatoms. The highest BCUT2D eigenvalue weighted by molar-refractivity contribution is 5.74. The lowest BCUT2D eigenvalue weighted by Gasteiger charge is -2.29. The van der Waals surface area contributed by atoms with Crippen LogP contribution in [-0.2, 0) is 16.0 Å². The van der Waals surface area contributed by atoms with E-state index in [2.05, 4.69) is 19.1 Å². The van der Waals surface area contributed by atoms with Crippen LogP contribution in [0.1, 0.15) is 37.3 Å². The first-order valence-corrected chi connectivity index (χ1v) is 6.50. The van der Waals surface area contributed by atoms with Crippen molar-refractivity contribution in [3.8, 4) is 5.75 Å². The average molecular weight is 248 g/mol. The van der Waals surface area contributed by atoms with Crippen molar-refractivity contribution < 1.29 is 14.3 Å². The normalized spacial score (nSPS) is 22.2. The summed E-state index contributed by atoms with van der Waals surface area (Å²) in [4.78, 5) is 11.9. The van der Waals surface area contributed by atoms with Crippen molar-refractivity contribution in [2.24, 2.45) is 5.92 Å². The molecule has 0 heterocycles. The molecule has 1 aromatic carbocycles. The number of hydrogen-bond acceptors (Lipinski definition) is 3. The van der Waals surface area contributed by atoms with Crippen LogP contribution in [0.3, 0.4) is 0 Å². The fourth-order valence-corrected chi connectivity index (χ4v) is 2.72. The van der Waals surface area contributed by atoms with E-state index in [0.717, 1.165) is 18.6 Å². The van der Waals surface area contributed by atoms with Gasteiger partial charge in [-0.15, -0.1) is 0 Å². The molecular weight excluding hydrogens is 228 g/mol. The Balaban J connectivity index is 2.23. The molecule has 1 aromatic rings. The summed E-state index contributed by atoms with van der Waals surface area (Å²) in [6.07, 6.45) is 1.78. The van der Waals surface area contributed by atoms with Crippen LogP contribution in [0.5, 0.6) is 5.75 Å². The van der Waals surface area contributed by atoms with Crippen molar-refractivity contribution in [1.82, 2.24) is 0 Å². The third kappa shape index (κ3) is 2.35. The van der Waals surface area contributed by atoms with Gasteiger partial charge < -0.3 is 9.47 Å². The third-order valence-electron chi connectivity index (χ3n) is 3.76. The molecule has 0 aliphatic heterocycles. The summed E-state index contributed by atoms with van der Waals surface area (Å²) >= 11 is 0. The van der Waals surface area contributed by atoms with Gasteiger partial charge in [-0.3, -0.25) is 4.79 Å². The summed E-state index contributed by atoms with van der Waals surface area (Å²) in [6.45, 7) is 4.41. The molecule has 0 radical (unpaired) electrons. The number of esters is 1. The number of benzene rings is 1. The fraction of sp³-hybridized carbons (Fsp3) is 0.533. The zero-order chi connectivity index (χ0) is 13.1. The van der Waals surface area contributed by atoms with E-state index < -0.39 is 0 Å². The molecule has 0 bridgehead atoms. The predicted molar refractivity (Wildman–Crippen MR) is 69.9 cm³/mol. The van der Waals surface area contributed by atoms with Crippen molar-refractivity contribution in [2.75, 3.05) is 13.7 Å². The third-order valence-corrected chi connectivity index (χ3v) is 3.76. The van der Waals surface area contributed by atoms with E-state index in [4.69, 9.17) is 9.47 Å². The summed E-state index contributed by atoms with van der Waals surface area (Å²) in [7, 11) is 1.68. The predicted octanol–water partition coefficient (Wildman–Crippen LogP) is 2.92. The smallest absolute Gasteiger partial charge is 0.309 e. The topological polar surface area (TPSA) is 35.5 Å². The summed E-state index contributed by atoms with van der Waals surface area (Å²) in [5.41, 5.74) is 2.54. The van der Waals surface area contributed by atoms with E-state index in [-0.39, 0.29) is 17.8 Å². The van der Waals surface area contributed by atoms with Crippen LogP contribution >= 0.6 is 0 Å². The van der Waals surface area contributed by atoms with E-state index in [1.165, 1.54) is 11.1 Å². The van der Waals surface area contributed by atoms with Gasteiger partial charge >= 0.3 is 5.97 Å². The Hall–Kier alpha value is -1.51. The number of ether oxygens (including phenoxy) is 2. The molecule has 0 amide bonds. The van der Waals surface area contributed by atoms with E-state index in [0.29, 0.717) is 6.61 Å². The monoisotopic (exact) mass is 248 g/mol. The molecule has 2 rings (SSSR count). The highest BCUT2D eigenvalue weighted by atomic mass is 16.5. The van der Waals surface area contributed by atoms with Crippen molar-refractivity contribution in [2.45, 2.75) is 32.6 Å². The quantitative estimate of drug-likeness (QED) is 0.771. The summed E-state index contributed by atoms with van der Waals surface area (Å²) in [5, 5.41) is 0. The van der Waals surface area contributed by atoms with Crippen molar-refractivity contribution in [3.63, 3.8) is 0 Å². The van der Waals surface area contributed by atoms with E-state index in [1.807, 2.05) is 13.0 Å². The van der Waals surface area contributed by atoms with Gasteiger partial charge in [0.25, 0.3) is 0 Å². The van der Waals surface area contributed by atoms with Crippen LogP contribution in [0.4, 0.5) is 0 Å². The first-order chi connectivity index (χ1) is 8.67. The number of fused-ring (bicyclic) bond motifs is 1. The van der Waals surface area contributed by atoms with Gasteiger partial charge in [0.15, 0.2) is 0 Å². The maximum atomic E-state index is 11.9. The van der Waals surface area contributed by atoms with Gasteiger partial charge in [-0.25, -0.2) is 0 Å². The second-order valence-electron chi connectivity index (χ2n) is 4.75. The van der Waals surface area contributed by atoms with Crippen molar-refractivity contribution in [3.05, 3.63) is 29.3 Å². The molecular formula is C15H20O3. The molecule has 98 valence electrons. The second-order valence-corrected chi connectivity index (χ2v) is 4.75. The van der Waals surface area contributed by atoms with Crippen LogP contribution in [-0.4, -0.2) is 19.7 Å². The van der Waals surface area contributed by atoms with E-state index in [9.17, 15) is 4.79 Å². The fourth-order valence-electron chi connectivity index (χ4n) is 2.72. The molecule has 0 aromatic heterocycles. The first kappa shape index (κ1) is 12.9. The van der Waals surface area contributed by atoms with E-state index in [1.54, 1.807) is 7.11 Å². The lowest BCUT2D eigenvalue weighted by molar-refractivity contribution is -0.149. The zero-order valence-corrected chi connectivity index (χ0v) is 11.2. The van der Waals surface area contributed by atoms with Crippen molar-refractivity contribution >= 4 is 5.97 Å². The van der Waals surface area contributed by atoms with Gasteiger partial charge in [0.2, 0.25) is 0 Å². The summed E-state index contributed by atoms with van der Waals surface area (Å²) < 4.78 is 10.4. The van der Waals surface area contributed by atoms with Crippen LogP contribution in [0.2, 0.25) is 0 Å². The maximum Gasteiger partial charge on any atom is 0.309 e. The number of carbonyl (C=O) groups excluding carboxylic acids is 1. The van der Waals surface area contributed by atoms with Gasteiger partial charge in [-0.1, -0.05) is 13.0 Å². The molecule has 18 heavy (non-hydrogen) atoms. The maximum absolute atomic E-state index is 11.9. The molecule has 1 aliphatic rings. The van der Waals surface area contributed by atoms with Crippen LogP contribution in [0, 0.1) is 5.92 Å². The van der Waals surface area contributed by atoms with Gasteiger partial charge in [-0.05, 0) is 48.9 Å². The van der Waals surface area contributed by atoms with Crippen LogP contribution < -0.4 is 4.74 Å². The Bertz CT molecular complexity index is 439. The highest BCUT2D eigenvalue weighted by Crippen LogP contribution is 2.38. The lowest BCUT2D eigenvalue weighted by Crippen LogP contribution is -2.27. The Morgan fingerprint density at radius 1 is 1.44 bits per heavy atom. The van der Waals surface area contributed by atoms with Gasteiger partial charge in [0, 0.05) is 0 Å². The zero-order valence-electron chi connectivity index (χ0n) is 11.2. The number of methoxy groups -OCH3 is 1. The number of carbonyl (C=O) groups is 1. The molecule has 0 N–H and O–H groups in total. The largest absolute Gasteiger partial charge is 0.497 e. The Morgan fingerprint density at radius 3 is 2.89 bits per heavy atom. The lowest BCUT2D eigenvalue weighted by atomic mass is 9.76. The van der Waals surface area contributed by atoms with Crippen molar-refractivity contribution in [1.29, 1.82) is 0 Å². The highest BCUT2D eigenvalue weighted by Gasteiger charge is 2.32. The SMILES string of the molecule is CCOC(=O)C1CCc2cc(OC)ccc2C1C.